The van der Waals surface area contributed by atoms with Crippen LogP contribution in [0.2, 0.25) is 0 Å². The number of hydrogen-bond acceptors (Lipinski definition) is 3. The van der Waals surface area contributed by atoms with Crippen LogP contribution >= 0.6 is 0 Å². The summed E-state index contributed by atoms with van der Waals surface area (Å²) in [7, 11) is 0. The summed E-state index contributed by atoms with van der Waals surface area (Å²) in [5.41, 5.74) is 3.50. The molecule has 0 aliphatic carbocycles. The molecule has 0 aromatic heterocycles. The fourth-order valence-electron chi connectivity index (χ4n) is 2.18. The molecule has 1 N–H and O–H groups in total. The predicted molar refractivity (Wildman–Crippen MR) is 89.5 cm³/mol. The van der Waals surface area contributed by atoms with Gasteiger partial charge < -0.3 is 4.90 Å². The van der Waals surface area contributed by atoms with Gasteiger partial charge in [-0.25, -0.2) is 10.2 Å². The second-order valence-electron chi connectivity index (χ2n) is 4.44. The Balaban J connectivity index is 0.000000545. The average Bonchev–Trinajstić information content (AvgIpc) is 2.59. The third kappa shape index (κ3) is 3.92. The van der Waals surface area contributed by atoms with E-state index >= 15 is 0 Å². The van der Waals surface area contributed by atoms with E-state index in [1.807, 2.05) is 18.2 Å². The van der Waals surface area contributed by atoms with Gasteiger partial charge >= 0.3 is 0 Å². The Hall–Kier alpha value is -3.16. The van der Waals surface area contributed by atoms with Crippen LogP contribution < -0.4 is 4.90 Å². The zero-order valence-electron chi connectivity index (χ0n) is 12.0. The summed E-state index contributed by atoms with van der Waals surface area (Å²) >= 11 is 0. The molecule has 0 fully saturated rings. The van der Waals surface area contributed by atoms with E-state index in [0.29, 0.717) is 0 Å². The van der Waals surface area contributed by atoms with E-state index in [9.17, 15) is 0 Å². The van der Waals surface area contributed by atoms with E-state index in [-0.39, 0.29) is 0 Å². The van der Waals surface area contributed by atoms with Crippen molar-refractivity contribution in [1.29, 1.82) is 5.41 Å². The highest BCUT2D eigenvalue weighted by Crippen LogP contribution is 2.33. The van der Waals surface area contributed by atoms with Crippen LogP contribution in [0.25, 0.3) is 0 Å². The molecular formula is C19H16N2O. The molecule has 108 valence electrons. The maximum atomic E-state index is 8.35. The molecule has 0 saturated carbocycles. The maximum Gasteiger partial charge on any atom is 0.231 e. The van der Waals surface area contributed by atoms with Gasteiger partial charge in [-0.2, -0.15) is 0 Å². The van der Waals surface area contributed by atoms with E-state index in [1.165, 1.54) is 17.1 Å². The van der Waals surface area contributed by atoms with Gasteiger partial charge in [-0.15, -0.1) is 0 Å². The average molecular weight is 288 g/mol. The van der Waals surface area contributed by atoms with E-state index in [0.717, 1.165) is 6.08 Å². The highest BCUT2D eigenvalue weighted by atomic mass is 16.1. The Morgan fingerprint density at radius 1 is 0.591 bits per heavy atom. The van der Waals surface area contributed by atoms with Crippen molar-refractivity contribution in [2.45, 2.75) is 0 Å². The van der Waals surface area contributed by atoms with Gasteiger partial charge in [0.15, 0.2) is 0 Å². The minimum absolute atomic E-state index is 0.750. The fourth-order valence-corrected chi connectivity index (χ4v) is 2.18. The molecule has 3 heteroatoms. The lowest BCUT2D eigenvalue weighted by Gasteiger charge is -2.25. The maximum absolute atomic E-state index is 8.35. The van der Waals surface area contributed by atoms with Gasteiger partial charge in [0.2, 0.25) is 6.08 Å². The largest absolute Gasteiger partial charge is 0.311 e. The molecule has 0 spiro atoms. The van der Waals surface area contributed by atoms with Gasteiger partial charge in [-0.1, -0.05) is 54.6 Å². The quantitative estimate of drug-likeness (QED) is 0.541. The summed E-state index contributed by atoms with van der Waals surface area (Å²) in [6.07, 6.45) is 0.750. The summed E-state index contributed by atoms with van der Waals surface area (Å²) in [6, 6.07) is 31.3. The van der Waals surface area contributed by atoms with E-state index in [1.54, 1.807) is 0 Å². The normalized spacial score (nSPS) is 9.09. The van der Waals surface area contributed by atoms with Crippen molar-refractivity contribution in [1.82, 2.24) is 0 Å². The number of anilines is 3. The minimum Gasteiger partial charge on any atom is -0.311 e. The van der Waals surface area contributed by atoms with Crippen LogP contribution in [-0.2, 0) is 4.79 Å². The van der Waals surface area contributed by atoms with Crippen LogP contribution in [0.5, 0.6) is 0 Å². The summed E-state index contributed by atoms with van der Waals surface area (Å²) < 4.78 is 0. The number of rotatable bonds is 3. The number of hydrogen-bond donors (Lipinski definition) is 1. The van der Waals surface area contributed by atoms with Crippen molar-refractivity contribution in [3.63, 3.8) is 0 Å². The molecule has 3 rings (SSSR count). The van der Waals surface area contributed by atoms with Gasteiger partial charge in [0.1, 0.15) is 0 Å². The molecule has 0 atom stereocenters. The first-order chi connectivity index (χ1) is 10.9. The second-order valence-corrected chi connectivity index (χ2v) is 4.44. The molecule has 0 aliphatic rings. The van der Waals surface area contributed by atoms with Crippen LogP contribution in [0, 0.1) is 5.41 Å². The molecule has 0 amide bonds. The van der Waals surface area contributed by atoms with Crippen molar-refractivity contribution in [3.8, 4) is 0 Å². The fraction of sp³-hybridized carbons (Fsp3) is 0. The van der Waals surface area contributed by atoms with Crippen molar-refractivity contribution in [2.75, 3.05) is 4.90 Å². The molecule has 0 bridgehead atoms. The lowest BCUT2D eigenvalue weighted by Crippen LogP contribution is -2.09. The molecule has 22 heavy (non-hydrogen) atoms. The predicted octanol–water partition coefficient (Wildman–Crippen LogP) is 5.06. The first-order valence-electron chi connectivity index (χ1n) is 6.86. The molecule has 0 unspecified atom stereocenters. The number of isocyanates is 1. The van der Waals surface area contributed by atoms with Crippen LogP contribution in [0.1, 0.15) is 0 Å². The van der Waals surface area contributed by atoms with Crippen molar-refractivity contribution >= 4 is 23.1 Å². The summed E-state index contributed by atoms with van der Waals surface area (Å²) in [5, 5.41) is 5.40. The molecule has 0 heterocycles. The lowest BCUT2D eigenvalue weighted by molar-refractivity contribution is 0.563. The lowest BCUT2D eigenvalue weighted by atomic mass is 10.2. The van der Waals surface area contributed by atoms with Gasteiger partial charge in [0, 0.05) is 17.1 Å². The summed E-state index contributed by atoms with van der Waals surface area (Å²) in [4.78, 5) is 10.6. The van der Waals surface area contributed by atoms with E-state index < -0.39 is 0 Å². The zero-order chi connectivity index (χ0) is 15.6. The van der Waals surface area contributed by atoms with Crippen molar-refractivity contribution in [2.24, 2.45) is 0 Å². The Bertz CT molecular complexity index is 612. The van der Waals surface area contributed by atoms with Gasteiger partial charge in [0.25, 0.3) is 0 Å². The van der Waals surface area contributed by atoms with Crippen molar-refractivity contribution in [3.05, 3.63) is 91.0 Å². The molecular weight excluding hydrogens is 272 g/mol. The third-order valence-electron chi connectivity index (χ3n) is 3.04. The smallest absolute Gasteiger partial charge is 0.231 e. The Labute approximate surface area is 130 Å². The highest BCUT2D eigenvalue weighted by Gasteiger charge is 2.10. The van der Waals surface area contributed by atoms with Gasteiger partial charge in [-0.3, -0.25) is 0 Å². The molecule has 3 aromatic carbocycles. The first kappa shape index (κ1) is 15.2. The minimum atomic E-state index is 0.750. The first-order valence-corrected chi connectivity index (χ1v) is 6.86. The zero-order valence-corrected chi connectivity index (χ0v) is 12.0. The van der Waals surface area contributed by atoms with E-state index in [2.05, 4.69) is 77.7 Å². The number of nitrogens with one attached hydrogen (secondary N) is 1. The van der Waals surface area contributed by atoms with Crippen molar-refractivity contribution < 1.29 is 4.79 Å². The molecule has 3 aromatic rings. The molecule has 0 radical (unpaired) electrons. The van der Waals surface area contributed by atoms with Crippen LogP contribution in [0.3, 0.4) is 0 Å². The van der Waals surface area contributed by atoms with Crippen LogP contribution in [0.15, 0.2) is 91.0 Å². The monoisotopic (exact) mass is 288 g/mol. The van der Waals surface area contributed by atoms with Crippen LogP contribution in [-0.4, -0.2) is 6.08 Å². The van der Waals surface area contributed by atoms with Crippen LogP contribution in [0.4, 0.5) is 17.1 Å². The SMILES string of the molecule is N=C=O.c1ccc(N(c2ccccc2)c2ccccc2)cc1. The summed E-state index contributed by atoms with van der Waals surface area (Å²) in [5.74, 6) is 0. The summed E-state index contributed by atoms with van der Waals surface area (Å²) in [6.45, 7) is 0. The standard InChI is InChI=1S/C18H15N.CHNO/c1-4-10-16(11-5-1)19(17-12-6-2-7-13-17)18-14-8-3-9-15-18;2-1-3/h1-15H;2H. The van der Waals surface area contributed by atoms with E-state index in [4.69, 9.17) is 10.2 Å². The molecule has 0 aliphatic heterocycles. The molecule has 0 saturated heterocycles. The number of nitrogens with zero attached hydrogens (tertiary/aromatic N) is 1. The number of para-hydroxylation sites is 3. The van der Waals surface area contributed by atoms with Gasteiger partial charge in [0.05, 0.1) is 0 Å². The Kier molecular flexibility index (Phi) is 5.68. The van der Waals surface area contributed by atoms with Gasteiger partial charge in [-0.05, 0) is 36.4 Å². The highest BCUT2D eigenvalue weighted by molar-refractivity contribution is 5.76. The third-order valence-corrected chi connectivity index (χ3v) is 3.04. The number of carbonyl (C=O) groups excluding carboxylic acids is 1. The Morgan fingerprint density at radius 3 is 1.05 bits per heavy atom. The molecule has 3 nitrogen and oxygen atoms in total. The number of benzene rings is 3. The Morgan fingerprint density at radius 2 is 0.818 bits per heavy atom. The topological polar surface area (TPSA) is 44.2 Å². The second kappa shape index (κ2) is 8.20.